The lowest BCUT2D eigenvalue weighted by molar-refractivity contribution is 0.0524. The number of benzene rings is 1. The van der Waals surface area contributed by atoms with Crippen LogP contribution >= 0.6 is 11.6 Å². The minimum absolute atomic E-state index is 0.0906. The molecule has 4 heteroatoms. The maximum atomic E-state index is 11.6. The average molecular weight is 241 g/mol. The number of carbonyl (C=O) groups excluding carboxylic acids is 1. The molecule has 0 fully saturated rings. The summed E-state index contributed by atoms with van der Waals surface area (Å²) in [5, 5.41) is 9.95. The van der Waals surface area contributed by atoms with Crippen LogP contribution in [0.4, 0.5) is 0 Å². The molecule has 0 radical (unpaired) electrons. The first-order chi connectivity index (χ1) is 7.61. The molecule has 3 nitrogen and oxygen atoms in total. The molecule has 1 aromatic carbocycles. The van der Waals surface area contributed by atoms with Crippen LogP contribution in [0.3, 0.4) is 0 Å². The molecular formula is C12H13ClO3. The van der Waals surface area contributed by atoms with Crippen LogP contribution in [0.5, 0.6) is 5.75 Å². The molecule has 0 atom stereocenters. The number of esters is 1. The second kappa shape index (κ2) is 5.56. The molecule has 0 amide bonds. The highest BCUT2D eigenvalue weighted by Gasteiger charge is 2.16. The molecular weight excluding hydrogens is 228 g/mol. The summed E-state index contributed by atoms with van der Waals surface area (Å²) in [5.74, 6) is -0.557. The lowest BCUT2D eigenvalue weighted by Crippen LogP contribution is -2.08. The third kappa shape index (κ3) is 2.55. The van der Waals surface area contributed by atoms with Crippen molar-refractivity contribution in [3.63, 3.8) is 0 Å². The Balaban J connectivity index is 3.22. The highest BCUT2D eigenvalue weighted by molar-refractivity contribution is 6.32. The van der Waals surface area contributed by atoms with E-state index < -0.39 is 5.97 Å². The first kappa shape index (κ1) is 12.6. The van der Waals surface area contributed by atoms with Crippen LogP contribution < -0.4 is 0 Å². The summed E-state index contributed by atoms with van der Waals surface area (Å²) >= 11 is 5.77. The summed E-state index contributed by atoms with van der Waals surface area (Å²) < 4.78 is 4.88. The third-order valence-corrected chi connectivity index (χ3v) is 2.38. The number of ether oxygens (including phenoxy) is 1. The van der Waals surface area contributed by atoms with E-state index in [9.17, 15) is 9.90 Å². The second-order valence-electron chi connectivity index (χ2n) is 3.14. The number of halogens is 1. The van der Waals surface area contributed by atoms with Crippen LogP contribution in [-0.2, 0) is 11.2 Å². The van der Waals surface area contributed by atoms with Crippen molar-refractivity contribution >= 4 is 17.6 Å². The summed E-state index contributed by atoms with van der Waals surface area (Å²) in [6.07, 6.45) is 1.95. The van der Waals surface area contributed by atoms with Crippen molar-refractivity contribution in [1.29, 1.82) is 0 Å². The van der Waals surface area contributed by atoms with Crippen molar-refractivity contribution in [2.45, 2.75) is 13.3 Å². The molecule has 0 saturated heterocycles. The Kier molecular flexibility index (Phi) is 4.38. The summed E-state index contributed by atoms with van der Waals surface area (Å²) in [6.45, 7) is 5.58. The fourth-order valence-corrected chi connectivity index (χ4v) is 1.54. The highest BCUT2D eigenvalue weighted by atomic mass is 35.5. The van der Waals surface area contributed by atoms with Gasteiger partial charge in [0.15, 0.2) is 0 Å². The molecule has 0 aliphatic carbocycles. The van der Waals surface area contributed by atoms with Crippen molar-refractivity contribution in [2.24, 2.45) is 0 Å². The number of hydrogen-bond acceptors (Lipinski definition) is 3. The van der Waals surface area contributed by atoms with Gasteiger partial charge in [0.25, 0.3) is 0 Å². The average Bonchev–Trinajstić information content (AvgIpc) is 2.25. The van der Waals surface area contributed by atoms with E-state index in [1.807, 2.05) is 0 Å². The minimum atomic E-state index is -0.466. The summed E-state index contributed by atoms with van der Waals surface area (Å²) in [4.78, 5) is 11.6. The molecule has 1 N–H and O–H groups in total. The number of aromatic hydroxyl groups is 1. The van der Waals surface area contributed by atoms with Crippen LogP contribution in [0.15, 0.2) is 24.8 Å². The van der Waals surface area contributed by atoms with Gasteiger partial charge in [-0.05, 0) is 25.5 Å². The number of rotatable bonds is 4. The number of phenols is 1. The summed E-state index contributed by atoms with van der Waals surface area (Å²) in [5.41, 5.74) is 0.768. The second-order valence-corrected chi connectivity index (χ2v) is 3.54. The van der Waals surface area contributed by atoms with Crippen molar-refractivity contribution in [1.82, 2.24) is 0 Å². The Labute approximate surface area is 99.3 Å². The first-order valence-corrected chi connectivity index (χ1v) is 5.28. The predicted molar refractivity (Wildman–Crippen MR) is 63.0 cm³/mol. The van der Waals surface area contributed by atoms with Gasteiger partial charge in [0, 0.05) is 5.56 Å². The Hall–Kier alpha value is -1.48. The summed E-state index contributed by atoms with van der Waals surface area (Å²) in [6, 6.07) is 3.01. The van der Waals surface area contributed by atoms with E-state index in [0.717, 1.165) is 0 Å². The number of hydrogen-bond donors (Lipinski definition) is 1. The van der Waals surface area contributed by atoms with Gasteiger partial charge >= 0.3 is 5.97 Å². The minimum Gasteiger partial charge on any atom is -0.506 e. The maximum Gasteiger partial charge on any atom is 0.338 e. The maximum absolute atomic E-state index is 11.6. The molecule has 0 saturated carbocycles. The molecule has 0 aromatic heterocycles. The zero-order valence-corrected chi connectivity index (χ0v) is 9.75. The molecule has 16 heavy (non-hydrogen) atoms. The Bertz CT molecular complexity index is 413. The fraction of sp³-hybridized carbons (Fsp3) is 0.250. The number of carbonyl (C=O) groups is 1. The molecule has 0 spiro atoms. The predicted octanol–water partition coefficient (Wildman–Crippen LogP) is 2.95. The van der Waals surface area contributed by atoms with E-state index in [0.29, 0.717) is 17.5 Å². The molecule has 1 rings (SSSR count). The smallest absolute Gasteiger partial charge is 0.338 e. The quantitative estimate of drug-likeness (QED) is 0.650. The third-order valence-electron chi connectivity index (χ3n) is 2.08. The van der Waals surface area contributed by atoms with Gasteiger partial charge in [0.1, 0.15) is 5.75 Å². The largest absolute Gasteiger partial charge is 0.506 e. The van der Waals surface area contributed by atoms with E-state index in [2.05, 4.69) is 6.58 Å². The zero-order chi connectivity index (χ0) is 12.1. The van der Waals surface area contributed by atoms with Crippen LogP contribution in [-0.4, -0.2) is 17.7 Å². The van der Waals surface area contributed by atoms with E-state index in [-0.39, 0.29) is 17.4 Å². The standard InChI is InChI=1S/C12H13ClO3/c1-3-5-8-9(12(15)16-4-2)6-7-10(13)11(8)14/h3,6-7,14H,1,4-5H2,2H3. The van der Waals surface area contributed by atoms with Crippen LogP contribution in [0.2, 0.25) is 5.02 Å². The van der Waals surface area contributed by atoms with Crippen molar-refractivity contribution in [2.75, 3.05) is 6.61 Å². The molecule has 86 valence electrons. The normalized spacial score (nSPS) is 9.88. The Morgan fingerprint density at radius 1 is 1.62 bits per heavy atom. The van der Waals surface area contributed by atoms with Crippen LogP contribution in [0.25, 0.3) is 0 Å². The monoisotopic (exact) mass is 240 g/mol. The highest BCUT2D eigenvalue weighted by Crippen LogP contribution is 2.31. The van der Waals surface area contributed by atoms with Gasteiger partial charge in [-0.15, -0.1) is 6.58 Å². The van der Waals surface area contributed by atoms with Gasteiger partial charge in [-0.3, -0.25) is 0 Å². The molecule has 0 aliphatic rings. The molecule has 0 aliphatic heterocycles. The Morgan fingerprint density at radius 2 is 2.31 bits per heavy atom. The number of allylic oxidation sites excluding steroid dienone is 1. The van der Waals surface area contributed by atoms with Gasteiger partial charge in [0.2, 0.25) is 0 Å². The number of phenolic OH excluding ortho intramolecular Hbond substituents is 1. The molecule has 0 heterocycles. The SMILES string of the molecule is C=CCc1c(C(=O)OCC)ccc(Cl)c1O. The van der Waals surface area contributed by atoms with Crippen molar-refractivity contribution < 1.29 is 14.6 Å². The van der Waals surface area contributed by atoms with E-state index in [1.54, 1.807) is 19.1 Å². The van der Waals surface area contributed by atoms with Gasteiger partial charge < -0.3 is 9.84 Å². The van der Waals surface area contributed by atoms with Gasteiger partial charge in [0.05, 0.1) is 17.2 Å². The van der Waals surface area contributed by atoms with Gasteiger partial charge in [-0.1, -0.05) is 17.7 Å². The van der Waals surface area contributed by atoms with Crippen LogP contribution in [0.1, 0.15) is 22.8 Å². The van der Waals surface area contributed by atoms with E-state index in [1.165, 1.54) is 6.07 Å². The van der Waals surface area contributed by atoms with Gasteiger partial charge in [-0.2, -0.15) is 0 Å². The molecule has 0 unspecified atom stereocenters. The van der Waals surface area contributed by atoms with Crippen molar-refractivity contribution in [3.8, 4) is 5.75 Å². The van der Waals surface area contributed by atoms with Gasteiger partial charge in [-0.25, -0.2) is 4.79 Å². The lowest BCUT2D eigenvalue weighted by atomic mass is 10.0. The first-order valence-electron chi connectivity index (χ1n) is 4.90. The molecule has 1 aromatic rings. The topological polar surface area (TPSA) is 46.5 Å². The fourth-order valence-electron chi connectivity index (χ4n) is 1.36. The molecule has 0 bridgehead atoms. The Morgan fingerprint density at radius 3 is 2.88 bits per heavy atom. The van der Waals surface area contributed by atoms with E-state index >= 15 is 0 Å². The van der Waals surface area contributed by atoms with E-state index in [4.69, 9.17) is 16.3 Å². The summed E-state index contributed by atoms with van der Waals surface area (Å²) in [7, 11) is 0. The van der Waals surface area contributed by atoms with Crippen LogP contribution in [0, 0.1) is 0 Å². The van der Waals surface area contributed by atoms with Crippen molar-refractivity contribution in [3.05, 3.63) is 40.9 Å². The zero-order valence-electron chi connectivity index (χ0n) is 9.00. The lowest BCUT2D eigenvalue weighted by Gasteiger charge is -2.10.